The van der Waals surface area contributed by atoms with Crippen LogP contribution >= 0.6 is 11.8 Å². The second-order valence-corrected chi connectivity index (χ2v) is 5.17. The summed E-state index contributed by atoms with van der Waals surface area (Å²) < 4.78 is 5.47. The Morgan fingerprint density at radius 3 is 2.76 bits per heavy atom. The molecule has 0 saturated heterocycles. The van der Waals surface area contributed by atoms with Crippen LogP contribution < -0.4 is 10.1 Å². The summed E-state index contributed by atoms with van der Waals surface area (Å²) in [5, 5.41) is 3.54. The largest absolute Gasteiger partial charge is 0.492 e. The highest BCUT2D eigenvalue weighted by Gasteiger charge is 2.07. The molecule has 2 rings (SSSR count). The highest BCUT2D eigenvalue weighted by molar-refractivity contribution is 7.99. The van der Waals surface area contributed by atoms with Gasteiger partial charge in [-0.2, -0.15) is 0 Å². The van der Waals surface area contributed by atoms with Crippen molar-refractivity contribution in [2.24, 2.45) is 0 Å². The minimum absolute atomic E-state index is 0.0504. The van der Waals surface area contributed by atoms with Gasteiger partial charge in [-0.25, -0.2) is 9.97 Å². The van der Waals surface area contributed by atoms with Gasteiger partial charge in [0.15, 0.2) is 5.16 Å². The van der Waals surface area contributed by atoms with Crippen LogP contribution in [-0.2, 0) is 4.79 Å². The highest BCUT2D eigenvalue weighted by Crippen LogP contribution is 2.24. The molecule has 6 heteroatoms. The standard InChI is InChI=1S/C15H17N3O2S/c1-2-20-13-7-4-3-6-12(13)18-14(19)8-11-21-15-16-9-5-10-17-15/h3-7,9-10H,2,8,11H2,1H3,(H,18,19). The van der Waals surface area contributed by atoms with Crippen LogP contribution in [0.2, 0.25) is 0 Å². The lowest BCUT2D eigenvalue weighted by atomic mass is 10.3. The maximum atomic E-state index is 11.9. The monoisotopic (exact) mass is 303 g/mol. The van der Waals surface area contributed by atoms with Crippen LogP contribution in [0, 0.1) is 0 Å². The summed E-state index contributed by atoms with van der Waals surface area (Å²) in [6, 6.07) is 9.18. The fourth-order valence-electron chi connectivity index (χ4n) is 1.66. The number of nitrogens with zero attached hydrogens (tertiary/aromatic N) is 2. The lowest BCUT2D eigenvalue weighted by Crippen LogP contribution is -2.13. The van der Waals surface area contributed by atoms with Crippen molar-refractivity contribution in [2.75, 3.05) is 17.7 Å². The minimum atomic E-state index is -0.0504. The summed E-state index contributed by atoms with van der Waals surface area (Å²) >= 11 is 1.46. The number of thioether (sulfide) groups is 1. The molecule has 1 heterocycles. The van der Waals surface area contributed by atoms with Gasteiger partial charge < -0.3 is 10.1 Å². The molecular weight excluding hydrogens is 286 g/mol. The number of para-hydroxylation sites is 2. The molecule has 0 radical (unpaired) electrons. The van der Waals surface area contributed by atoms with Gasteiger partial charge in [-0.05, 0) is 25.1 Å². The van der Waals surface area contributed by atoms with Gasteiger partial charge in [0.1, 0.15) is 5.75 Å². The number of carbonyl (C=O) groups excluding carboxylic acids is 1. The Labute approximate surface area is 128 Å². The summed E-state index contributed by atoms with van der Waals surface area (Å²) in [7, 11) is 0. The number of ether oxygens (including phenoxy) is 1. The van der Waals surface area contributed by atoms with Gasteiger partial charge >= 0.3 is 0 Å². The van der Waals surface area contributed by atoms with E-state index in [0.29, 0.717) is 35.4 Å². The number of aromatic nitrogens is 2. The zero-order valence-electron chi connectivity index (χ0n) is 11.8. The molecule has 0 aliphatic rings. The molecule has 1 N–H and O–H groups in total. The van der Waals surface area contributed by atoms with E-state index >= 15 is 0 Å². The smallest absolute Gasteiger partial charge is 0.225 e. The molecule has 0 atom stereocenters. The Balaban J connectivity index is 1.82. The van der Waals surface area contributed by atoms with E-state index in [1.165, 1.54) is 11.8 Å². The Hall–Kier alpha value is -2.08. The zero-order valence-corrected chi connectivity index (χ0v) is 12.6. The summed E-state index contributed by atoms with van der Waals surface area (Å²) in [4.78, 5) is 20.1. The van der Waals surface area contributed by atoms with E-state index in [9.17, 15) is 4.79 Å². The lowest BCUT2D eigenvalue weighted by Gasteiger charge is -2.10. The second kappa shape index (κ2) is 8.26. The number of carbonyl (C=O) groups is 1. The molecule has 0 saturated carbocycles. The van der Waals surface area contributed by atoms with Crippen molar-refractivity contribution in [1.29, 1.82) is 0 Å². The molecule has 0 spiro atoms. The highest BCUT2D eigenvalue weighted by atomic mass is 32.2. The summed E-state index contributed by atoms with van der Waals surface area (Å²) in [5.74, 6) is 1.27. The number of anilines is 1. The van der Waals surface area contributed by atoms with Gasteiger partial charge in [0.2, 0.25) is 5.91 Å². The zero-order chi connectivity index (χ0) is 14.9. The van der Waals surface area contributed by atoms with Crippen LogP contribution in [0.4, 0.5) is 5.69 Å². The summed E-state index contributed by atoms with van der Waals surface area (Å²) in [6.45, 7) is 2.48. The molecule has 2 aromatic rings. The van der Waals surface area contributed by atoms with Crippen LogP contribution in [0.3, 0.4) is 0 Å². The molecule has 21 heavy (non-hydrogen) atoms. The number of hydrogen-bond acceptors (Lipinski definition) is 5. The maximum Gasteiger partial charge on any atom is 0.225 e. The summed E-state index contributed by atoms with van der Waals surface area (Å²) in [5.41, 5.74) is 0.699. The first kappa shape index (κ1) is 15.3. The predicted molar refractivity (Wildman–Crippen MR) is 83.6 cm³/mol. The van der Waals surface area contributed by atoms with E-state index in [1.54, 1.807) is 18.5 Å². The summed E-state index contributed by atoms with van der Waals surface area (Å²) in [6.07, 6.45) is 3.77. The molecule has 0 aliphatic carbocycles. The fourth-order valence-corrected chi connectivity index (χ4v) is 2.40. The van der Waals surface area contributed by atoms with Crippen molar-refractivity contribution < 1.29 is 9.53 Å². The lowest BCUT2D eigenvalue weighted by molar-refractivity contribution is -0.115. The number of nitrogens with one attached hydrogen (secondary N) is 1. The average Bonchev–Trinajstić information content (AvgIpc) is 2.50. The van der Waals surface area contributed by atoms with Crippen molar-refractivity contribution in [1.82, 2.24) is 9.97 Å². The number of rotatable bonds is 7. The maximum absolute atomic E-state index is 11.9. The van der Waals surface area contributed by atoms with E-state index < -0.39 is 0 Å². The van der Waals surface area contributed by atoms with Crippen LogP contribution in [-0.4, -0.2) is 28.2 Å². The van der Waals surface area contributed by atoms with Gasteiger partial charge in [0, 0.05) is 24.6 Å². The SMILES string of the molecule is CCOc1ccccc1NC(=O)CCSc1ncccn1. The Morgan fingerprint density at radius 1 is 1.24 bits per heavy atom. The third kappa shape index (κ3) is 5.07. The molecule has 0 bridgehead atoms. The fraction of sp³-hybridized carbons (Fsp3) is 0.267. The molecule has 0 aliphatic heterocycles. The Kier molecular flexibility index (Phi) is 6.02. The quantitative estimate of drug-likeness (QED) is 0.629. The second-order valence-electron chi connectivity index (χ2n) is 4.11. The van der Waals surface area contributed by atoms with E-state index in [4.69, 9.17) is 4.74 Å². The predicted octanol–water partition coefficient (Wildman–Crippen LogP) is 3.00. The molecule has 0 unspecified atom stereocenters. The normalized spacial score (nSPS) is 10.1. The van der Waals surface area contributed by atoms with Crippen molar-refractivity contribution in [2.45, 2.75) is 18.5 Å². The Morgan fingerprint density at radius 2 is 2.00 bits per heavy atom. The van der Waals surface area contributed by atoms with Crippen LogP contribution in [0.1, 0.15) is 13.3 Å². The van der Waals surface area contributed by atoms with Crippen LogP contribution in [0.5, 0.6) is 5.75 Å². The van der Waals surface area contributed by atoms with Crippen LogP contribution in [0.15, 0.2) is 47.9 Å². The van der Waals surface area contributed by atoms with Crippen molar-refractivity contribution in [3.05, 3.63) is 42.7 Å². The first-order chi connectivity index (χ1) is 10.3. The Bertz CT molecular complexity index is 578. The number of hydrogen-bond donors (Lipinski definition) is 1. The molecule has 5 nitrogen and oxygen atoms in total. The van der Waals surface area contributed by atoms with Gasteiger partial charge in [-0.1, -0.05) is 23.9 Å². The first-order valence-corrected chi connectivity index (χ1v) is 7.69. The molecule has 1 aromatic carbocycles. The molecule has 1 aromatic heterocycles. The van der Waals surface area contributed by atoms with Crippen LogP contribution in [0.25, 0.3) is 0 Å². The average molecular weight is 303 g/mol. The number of benzene rings is 1. The number of amides is 1. The van der Waals surface area contributed by atoms with Crippen molar-refractivity contribution in [3.63, 3.8) is 0 Å². The van der Waals surface area contributed by atoms with Crippen molar-refractivity contribution >= 4 is 23.4 Å². The van der Waals surface area contributed by atoms with E-state index in [2.05, 4.69) is 15.3 Å². The third-order valence-electron chi connectivity index (χ3n) is 2.56. The molecular formula is C15H17N3O2S. The molecule has 1 amide bonds. The van der Waals surface area contributed by atoms with Gasteiger partial charge in [-0.15, -0.1) is 0 Å². The topological polar surface area (TPSA) is 64.1 Å². The van der Waals surface area contributed by atoms with E-state index in [-0.39, 0.29) is 5.91 Å². The minimum Gasteiger partial charge on any atom is -0.492 e. The van der Waals surface area contributed by atoms with Gasteiger partial charge in [-0.3, -0.25) is 4.79 Å². The first-order valence-electron chi connectivity index (χ1n) is 6.71. The molecule has 110 valence electrons. The van der Waals surface area contributed by atoms with E-state index in [1.807, 2.05) is 31.2 Å². The van der Waals surface area contributed by atoms with Gasteiger partial charge in [0.05, 0.1) is 12.3 Å². The van der Waals surface area contributed by atoms with Crippen molar-refractivity contribution in [3.8, 4) is 5.75 Å². The van der Waals surface area contributed by atoms with Gasteiger partial charge in [0.25, 0.3) is 0 Å². The molecule has 0 fully saturated rings. The van der Waals surface area contributed by atoms with E-state index in [0.717, 1.165) is 0 Å². The third-order valence-corrected chi connectivity index (χ3v) is 3.44.